The Morgan fingerprint density at radius 1 is 1.20 bits per heavy atom. The first-order valence-electron chi connectivity index (χ1n) is 8.77. The second kappa shape index (κ2) is 8.51. The highest BCUT2D eigenvalue weighted by atomic mass is 19.1. The van der Waals surface area contributed by atoms with Crippen LogP contribution in [0, 0.1) is 5.82 Å². The van der Waals surface area contributed by atoms with Crippen LogP contribution in [0.2, 0.25) is 0 Å². The van der Waals surface area contributed by atoms with Gasteiger partial charge in [-0.2, -0.15) is 4.98 Å². The summed E-state index contributed by atoms with van der Waals surface area (Å²) in [7, 11) is 0. The zero-order valence-corrected chi connectivity index (χ0v) is 14.8. The molecule has 0 aliphatic carbocycles. The summed E-state index contributed by atoms with van der Waals surface area (Å²) < 4.78 is 24.1. The number of rotatable bonds is 7. The van der Waals surface area contributed by atoms with Gasteiger partial charge in [-0.3, -0.25) is 9.80 Å². The van der Waals surface area contributed by atoms with Crippen LogP contribution in [-0.2, 0) is 17.8 Å². The minimum absolute atomic E-state index is 0.148. The van der Waals surface area contributed by atoms with Crippen LogP contribution in [0.4, 0.5) is 4.39 Å². The first-order chi connectivity index (χ1) is 12.1. The second-order valence-corrected chi connectivity index (χ2v) is 6.33. The van der Waals surface area contributed by atoms with E-state index in [-0.39, 0.29) is 11.9 Å². The van der Waals surface area contributed by atoms with Crippen molar-refractivity contribution in [3.63, 3.8) is 0 Å². The highest BCUT2D eigenvalue weighted by molar-refractivity contribution is 5.16. The highest BCUT2D eigenvalue weighted by Gasteiger charge is 2.20. The summed E-state index contributed by atoms with van der Waals surface area (Å²) in [6.45, 7) is 9.64. The Bertz CT molecular complexity index is 671. The van der Waals surface area contributed by atoms with Gasteiger partial charge < -0.3 is 9.26 Å². The van der Waals surface area contributed by atoms with E-state index in [1.807, 2.05) is 19.9 Å². The lowest BCUT2D eigenvalue weighted by molar-refractivity contribution is 0.0683. The third kappa shape index (κ3) is 5.07. The molecule has 1 atom stereocenters. The van der Waals surface area contributed by atoms with Crippen LogP contribution in [-0.4, -0.2) is 52.7 Å². The molecule has 0 N–H and O–H groups in total. The fourth-order valence-electron chi connectivity index (χ4n) is 3.01. The number of aromatic nitrogens is 2. The molecule has 2 heterocycles. The Balaban J connectivity index is 1.46. The quantitative estimate of drug-likeness (QED) is 0.767. The first kappa shape index (κ1) is 18.0. The van der Waals surface area contributed by atoms with Crippen LogP contribution in [0.3, 0.4) is 0 Å². The lowest BCUT2D eigenvalue weighted by atomic mass is 10.2. The molecule has 25 heavy (non-hydrogen) atoms. The van der Waals surface area contributed by atoms with Crippen molar-refractivity contribution >= 4 is 0 Å². The van der Waals surface area contributed by atoms with E-state index in [1.165, 1.54) is 6.07 Å². The lowest BCUT2D eigenvalue weighted by Crippen LogP contribution is -2.45. The number of hydrogen-bond acceptors (Lipinski definition) is 6. The fourth-order valence-corrected chi connectivity index (χ4v) is 3.01. The molecule has 7 heteroatoms. The fraction of sp³-hybridized carbons (Fsp3) is 0.556. The van der Waals surface area contributed by atoms with Crippen LogP contribution < -0.4 is 0 Å². The van der Waals surface area contributed by atoms with Gasteiger partial charge in [-0.1, -0.05) is 17.3 Å². The van der Waals surface area contributed by atoms with Crippen LogP contribution in [0.25, 0.3) is 0 Å². The lowest BCUT2D eigenvalue weighted by Gasteiger charge is -2.33. The van der Waals surface area contributed by atoms with Gasteiger partial charge in [0.1, 0.15) is 11.9 Å². The number of ether oxygens (including phenoxy) is 1. The summed E-state index contributed by atoms with van der Waals surface area (Å²) in [5, 5.41) is 4.00. The van der Waals surface area contributed by atoms with E-state index in [9.17, 15) is 4.39 Å². The van der Waals surface area contributed by atoms with Crippen molar-refractivity contribution in [3.8, 4) is 0 Å². The van der Waals surface area contributed by atoms with Gasteiger partial charge in [-0.05, 0) is 31.5 Å². The predicted octanol–water partition coefficient (Wildman–Crippen LogP) is 2.62. The molecule has 1 fully saturated rings. The topological polar surface area (TPSA) is 54.6 Å². The molecule has 1 saturated heterocycles. The number of halogens is 1. The Kier molecular flexibility index (Phi) is 6.12. The SMILES string of the molecule is CCO[C@@H](C)c1noc(CN2CCN(Cc3cccc(F)c3)CC2)n1. The van der Waals surface area contributed by atoms with Crippen molar-refractivity contribution < 1.29 is 13.7 Å². The van der Waals surface area contributed by atoms with Gasteiger partial charge in [0.25, 0.3) is 0 Å². The molecule has 2 aromatic rings. The molecule has 1 aliphatic rings. The number of hydrogen-bond donors (Lipinski definition) is 0. The van der Waals surface area contributed by atoms with E-state index in [4.69, 9.17) is 9.26 Å². The normalized spacial score (nSPS) is 17.7. The standard InChI is InChI=1S/C18H25FN4O2/c1-3-24-14(2)18-20-17(25-21-18)13-23-9-7-22(8-10-23)12-15-5-4-6-16(19)11-15/h4-6,11,14H,3,7-10,12-13H2,1-2H3/t14-/m0/s1. The van der Waals surface area contributed by atoms with Crippen LogP contribution in [0.5, 0.6) is 0 Å². The van der Waals surface area contributed by atoms with Gasteiger partial charge in [-0.25, -0.2) is 4.39 Å². The number of piperazine rings is 1. The van der Waals surface area contributed by atoms with E-state index >= 15 is 0 Å². The molecule has 1 aromatic carbocycles. The zero-order chi connectivity index (χ0) is 17.6. The van der Waals surface area contributed by atoms with Gasteiger partial charge in [0.05, 0.1) is 6.54 Å². The van der Waals surface area contributed by atoms with Crippen molar-refractivity contribution in [1.29, 1.82) is 0 Å². The summed E-state index contributed by atoms with van der Waals surface area (Å²) in [6, 6.07) is 6.81. The van der Waals surface area contributed by atoms with Crippen molar-refractivity contribution in [2.24, 2.45) is 0 Å². The molecule has 3 rings (SSSR count). The molecule has 0 radical (unpaired) electrons. The summed E-state index contributed by atoms with van der Waals surface area (Å²) in [5.74, 6) is 1.05. The Labute approximate surface area is 147 Å². The molecular weight excluding hydrogens is 323 g/mol. The largest absolute Gasteiger partial charge is 0.371 e. The van der Waals surface area contributed by atoms with Gasteiger partial charge in [0.15, 0.2) is 5.82 Å². The van der Waals surface area contributed by atoms with E-state index in [0.29, 0.717) is 24.9 Å². The Morgan fingerprint density at radius 2 is 1.92 bits per heavy atom. The monoisotopic (exact) mass is 348 g/mol. The molecule has 1 aromatic heterocycles. The van der Waals surface area contributed by atoms with Gasteiger partial charge in [0.2, 0.25) is 5.89 Å². The van der Waals surface area contributed by atoms with Crippen molar-refractivity contribution in [3.05, 3.63) is 47.4 Å². The van der Waals surface area contributed by atoms with Gasteiger partial charge in [0, 0.05) is 39.3 Å². The van der Waals surface area contributed by atoms with Gasteiger partial charge in [-0.15, -0.1) is 0 Å². The van der Waals surface area contributed by atoms with Crippen molar-refractivity contribution in [2.45, 2.75) is 33.0 Å². The molecule has 6 nitrogen and oxygen atoms in total. The van der Waals surface area contributed by atoms with Crippen LogP contribution >= 0.6 is 0 Å². The molecule has 0 spiro atoms. The molecule has 0 saturated carbocycles. The average molecular weight is 348 g/mol. The highest BCUT2D eigenvalue weighted by Crippen LogP contribution is 2.15. The molecule has 1 aliphatic heterocycles. The summed E-state index contributed by atoms with van der Waals surface area (Å²) in [4.78, 5) is 9.05. The maximum absolute atomic E-state index is 13.3. The van der Waals surface area contributed by atoms with Crippen molar-refractivity contribution in [1.82, 2.24) is 19.9 Å². The summed E-state index contributed by atoms with van der Waals surface area (Å²) in [5.41, 5.74) is 1.01. The minimum Gasteiger partial charge on any atom is -0.371 e. The summed E-state index contributed by atoms with van der Waals surface area (Å²) in [6.07, 6.45) is -0.148. The Hall–Kier alpha value is -1.83. The maximum Gasteiger partial charge on any atom is 0.240 e. The molecule has 0 unspecified atom stereocenters. The van der Waals surface area contributed by atoms with Gasteiger partial charge >= 0.3 is 0 Å². The third-order valence-electron chi connectivity index (χ3n) is 4.38. The number of benzene rings is 1. The number of nitrogens with zero attached hydrogens (tertiary/aromatic N) is 4. The molecule has 136 valence electrons. The van der Waals surface area contributed by atoms with E-state index in [1.54, 1.807) is 12.1 Å². The Morgan fingerprint density at radius 3 is 2.60 bits per heavy atom. The third-order valence-corrected chi connectivity index (χ3v) is 4.38. The summed E-state index contributed by atoms with van der Waals surface area (Å²) >= 11 is 0. The molecule has 0 amide bonds. The minimum atomic E-state index is -0.176. The van der Waals surface area contributed by atoms with Crippen LogP contribution in [0.1, 0.15) is 37.2 Å². The first-order valence-corrected chi connectivity index (χ1v) is 8.77. The zero-order valence-electron chi connectivity index (χ0n) is 14.8. The smallest absolute Gasteiger partial charge is 0.240 e. The second-order valence-electron chi connectivity index (χ2n) is 6.33. The maximum atomic E-state index is 13.3. The predicted molar refractivity (Wildman–Crippen MR) is 91.3 cm³/mol. The molecule has 0 bridgehead atoms. The average Bonchev–Trinajstić information content (AvgIpc) is 3.06. The van der Waals surface area contributed by atoms with E-state index < -0.39 is 0 Å². The molecular formula is C18H25FN4O2. The van der Waals surface area contributed by atoms with E-state index in [2.05, 4.69) is 19.9 Å². The van der Waals surface area contributed by atoms with Crippen molar-refractivity contribution in [2.75, 3.05) is 32.8 Å². The van der Waals surface area contributed by atoms with E-state index in [0.717, 1.165) is 38.3 Å². The van der Waals surface area contributed by atoms with Crippen LogP contribution in [0.15, 0.2) is 28.8 Å².